The molecule has 0 saturated heterocycles. The van der Waals surface area contributed by atoms with Gasteiger partial charge in [-0.3, -0.25) is 4.79 Å². The van der Waals surface area contributed by atoms with Gasteiger partial charge in [-0.25, -0.2) is 14.5 Å². The summed E-state index contributed by atoms with van der Waals surface area (Å²) in [5.74, 6) is -1.78. The molecule has 0 aliphatic rings. The molecule has 2 amide bonds. The van der Waals surface area contributed by atoms with Crippen molar-refractivity contribution in [1.29, 1.82) is 0 Å². The van der Waals surface area contributed by atoms with Crippen LogP contribution >= 0.6 is 11.6 Å². The number of ether oxygens (including phenoxy) is 2. The average molecular weight is 340 g/mol. The predicted molar refractivity (Wildman–Crippen MR) is 85.3 cm³/mol. The molecule has 0 unspecified atom stereocenters. The summed E-state index contributed by atoms with van der Waals surface area (Å²) < 4.78 is 9.76. The molecule has 0 N–H and O–H groups in total. The van der Waals surface area contributed by atoms with E-state index < -0.39 is 24.0 Å². The van der Waals surface area contributed by atoms with Crippen molar-refractivity contribution < 1.29 is 23.9 Å². The number of rotatable bonds is 7. The van der Waals surface area contributed by atoms with Crippen LogP contribution in [0, 0.1) is 0 Å². The van der Waals surface area contributed by atoms with Gasteiger partial charge in [0.1, 0.15) is 6.61 Å². The van der Waals surface area contributed by atoms with Gasteiger partial charge in [0.15, 0.2) is 6.04 Å². The first-order valence-corrected chi connectivity index (χ1v) is 7.49. The standard InChI is InChI=1S/C16H18ClNO5/c1-3-10-23-16(21)18(13(11-17)15(20)22-4-2)14(19)12-8-6-5-7-9-12/h3,5-9,13H,1,4,10-11H2,2H3/t13-/m0/s1. The highest BCUT2D eigenvalue weighted by molar-refractivity contribution is 6.20. The van der Waals surface area contributed by atoms with Gasteiger partial charge >= 0.3 is 12.1 Å². The number of nitrogens with zero attached hydrogens (tertiary/aromatic N) is 1. The number of hydrogen-bond donors (Lipinski definition) is 0. The SMILES string of the molecule is C=CCOC(=O)N(C(=O)c1ccccc1)[C@@H](CCl)C(=O)OCC. The average Bonchev–Trinajstić information content (AvgIpc) is 2.57. The van der Waals surface area contributed by atoms with Gasteiger partial charge in [-0.05, 0) is 19.1 Å². The summed E-state index contributed by atoms with van der Waals surface area (Å²) in [6.45, 7) is 5.04. The molecular formula is C16H18ClNO5. The third-order valence-corrected chi connectivity index (χ3v) is 3.07. The highest BCUT2D eigenvalue weighted by atomic mass is 35.5. The first-order valence-electron chi connectivity index (χ1n) is 6.95. The van der Waals surface area contributed by atoms with Gasteiger partial charge in [0.2, 0.25) is 0 Å². The zero-order valence-electron chi connectivity index (χ0n) is 12.7. The third-order valence-electron chi connectivity index (χ3n) is 2.78. The zero-order valence-corrected chi connectivity index (χ0v) is 13.5. The lowest BCUT2D eigenvalue weighted by atomic mass is 10.1. The molecule has 1 aromatic carbocycles. The minimum absolute atomic E-state index is 0.0985. The normalized spacial score (nSPS) is 11.2. The first kappa shape index (κ1) is 18.7. The summed E-state index contributed by atoms with van der Waals surface area (Å²) in [4.78, 5) is 37.5. The summed E-state index contributed by atoms with van der Waals surface area (Å²) in [6, 6.07) is 6.77. The van der Waals surface area contributed by atoms with Crippen LogP contribution in [0.4, 0.5) is 4.79 Å². The monoisotopic (exact) mass is 339 g/mol. The van der Waals surface area contributed by atoms with Crippen LogP contribution in [0.25, 0.3) is 0 Å². The van der Waals surface area contributed by atoms with E-state index in [1.165, 1.54) is 18.2 Å². The molecule has 0 spiro atoms. The lowest BCUT2D eigenvalue weighted by Crippen LogP contribution is -2.50. The van der Waals surface area contributed by atoms with Gasteiger partial charge in [-0.2, -0.15) is 0 Å². The highest BCUT2D eigenvalue weighted by Crippen LogP contribution is 2.13. The van der Waals surface area contributed by atoms with Gasteiger partial charge < -0.3 is 9.47 Å². The molecule has 0 heterocycles. The Balaban J connectivity index is 3.14. The Kier molecular flexibility index (Phi) is 7.83. The van der Waals surface area contributed by atoms with E-state index in [1.807, 2.05) is 0 Å². The molecule has 0 aliphatic heterocycles. The fraction of sp³-hybridized carbons (Fsp3) is 0.312. The van der Waals surface area contributed by atoms with Crippen LogP contribution in [-0.2, 0) is 14.3 Å². The molecule has 0 aromatic heterocycles. The predicted octanol–water partition coefficient (Wildman–Crippen LogP) is 2.62. The highest BCUT2D eigenvalue weighted by Gasteiger charge is 2.37. The molecule has 23 heavy (non-hydrogen) atoms. The third kappa shape index (κ3) is 5.10. The maximum absolute atomic E-state index is 12.6. The second-order valence-corrected chi connectivity index (χ2v) is 4.64. The Labute approximate surface area is 139 Å². The number of alkyl halides is 1. The second kappa shape index (κ2) is 9.63. The van der Waals surface area contributed by atoms with Crippen molar-refractivity contribution in [2.45, 2.75) is 13.0 Å². The van der Waals surface area contributed by atoms with Crippen molar-refractivity contribution >= 4 is 29.6 Å². The van der Waals surface area contributed by atoms with E-state index in [2.05, 4.69) is 6.58 Å². The second-order valence-electron chi connectivity index (χ2n) is 4.33. The first-order chi connectivity index (χ1) is 11.1. The smallest absolute Gasteiger partial charge is 0.417 e. The molecular weight excluding hydrogens is 322 g/mol. The number of halogens is 1. The fourth-order valence-corrected chi connectivity index (χ4v) is 2.01. The van der Waals surface area contributed by atoms with Crippen molar-refractivity contribution in [3.63, 3.8) is 0 Å². The van der Waals surface area contributed by atoms with Gasteiger partial charge in [0.05, 0.1) is 12.5 Å². The molecule has 7 heteroatoms. The van der Waals surface area contributed by atoms with E-state index in [1.54, 1.807) is 25.1 Å². The van der Waals surface area contributed by atoms with Crippen LogP contribution in [0.15, 0.2) is 43.0 Å². The topological polar surface area (TPSA) is 72.9 Å². The van der Waals surface area contributed by atoms with Crippen LogP contribution in [0.3, 0.4) is 0 Å². The quantitative estimate of drug-likeness (QED) is 0.434. The fourth-order valence-electron chi connectivity index (χ4n) is 1.75. The Hall–Kier alpha value is -2.34. The van der Waals surface area contributed by atoms with E-state index in [0.717, 1.165) is 0 Å². The Morgan fingerprint density at radius 1 is 1.26 bits per heavy atom. The van der Waals surface area contributed by atoms with Crippen LogP contribution in [-0.4, -0.2) is 48.0 Å². The van der Waals surface area contributed by atoms with Crippen molar-refractivity contribution in [3.05, 3.63) is 48.6 Å². The number of amides is 2. The van der Waals surface area contributed by atoms with E-state index >= 15 is 0 Å². The van der Waals surface area contributed by atoms with E-state index in [9.17, 15) is 14.4 Å². The lowest BCUT2D eigenvalue weighted by Gasteiger charge is -2.26. The zero-order chi connectivity index (χ0) is 17.2. The van der Waals surface area contributed by atoms with E-state index in [-0.39, 0.29) is 24.7 Å². The Morgan fingerprint density at radius 2 is 1.91 bits per heavy atom. The maximum atomic E-state index is 12.6. The number of hydrogen-bond acceptors (Lipinski definition) is 5. The molecule has 1 atom stereocenters. The van der Waals surface area contributed by atoms with Crippen LogP contribution in [0.5, 0.6) is 0 Å². The van der Waals surface area contributed by atoms with Crippen LogP contribution in [0.1, 0.15) is 17.3 Å². The van der Waals surface area contributed by atoms with E-state index in [4.69, 9.17) is 21.1 Å². The van der Waals surface area contributed by atoms with Gasteiger partial charge in [-0.1, -0.05) is 30.9 Å². The van der Waals surface area contributed by atoms with Crippen LogP contribution < -0.4 is 0 Å². The van der Waals surface area contributed by atoms with Gasteiger partial charge in [-0.15, -0.1) is 11.6 Å². The molecule has 0 radical (unpaired) electrons. The minimum atomic E-state index is -1.28. The minimum Gasteiger partial charge on any atom is -0.464 e. The van der Waals surface area contributed by atoms with Gasteiger partial charge in [0.25, 0.3) is 5.91 Å². The molecule has 1 aromatic rings. The molecule has 124 valence electrons. The Morgan fingerprint density at radius 3 is 2.43 bits per heavy atom. The largest absolute Gasteiger partial charge is 0.464 e. The summed E-state index contributed by atoms with van der Waals surface area (Å²) in [5.41, 5.74) is 0.225. The maximum Gasteiger partial charge on any atom is 0.417 e. The molecule has 0 saturated carbocycles. The number of imide groups is 1. The molecule has 6 nitrogen and oxygen atoms in total. The summed E-state index contributed by atoms with van der Waals surface area (Å²) >= 11 is 5.78. The van der Waals surface area contributed by atoms with E-state index in [0.29, 0.717) is 4.90 Å². The number of esters is 1. The molecule has 0 bridgehead atoms. The number of benzene rings is 1. The summed E-state index contributed by atoms with van der Waals surface area (Å²) in [7, 11) is 0. The molecule has 0 aliphatic carbocycles. The van der Waals surface area contributed by atoms with Crippen LogP contribution in [0.2, 0.25) is 0 Å². The summed E-state index contributed by atoms with van der Waals surface area (Å²) in [5, 5.41) is 0. The van der Waals surface area contributed by atoms with Gasteiger partial charge in [0, 0.05) is 5.56 Å². The van der Waals surface area contributed by atoms with Crippen molar-refractivity contribution in [1.82, 2.24) is 4.90 Å². The Bertz CT molecular complexity index is 561. The van der Waals surface area contributed by atoms with Crippen molar-refractivity contribution in [2.24, 2.45) is 0 Å². The number of carbonyl (C=O) groups excluding carboxylic acids is 3. The molecule has 1 rings (SSSR count). The summed E-state index contributed by atoms with van der Waals surface area (Å²) in [6.07, 6.45) is 0.362. The van der Waals surface area contributed by atoms with Crippen molar-refractivity contribution in [3.8, 4) is 0 Å². The molecule has 0 fully saturated rings. The lowest BCUT2D eigenvalue weighted by molar-refractivity contribution is -0.147. The van der Waals surface area contributed by atoms with Crippen molar-refractivity contribution in [2.75, 3.05) is 19.1 Å². The number of carbonyl (C=O) groups is 3.